The molecule has 0 nitrogen and oxygen atoms in total. The van der Waals surface area contributed by atoms with Gasteiger partial charge in [0.2, 0.25) is 0 Å². The van der Waals surface area contributed by atoms with E-state index in [1.165, 1.54) is 16.7 Å². The number of allylic oxidation sites excluding steroid dienone is 7. The third kappa shape index (κ3) is 2.16. The fourth-order valence-corrected chi connectivity index (χ4v) is 1.74. The van der Waals surface area contributed by atoms with Crippen molar-refractivity contribution in [1.82, 2.24) is 0 Å². The molecule has 0 saturated carbocycles. The molecule has 1 aliphatic carbocycles. The van der Waals surface area contributed by atoms with Crippen molar-refractivity contribution >= 4 is 0 Å². The first-order valence-corrected chi connectivity index (χ1v) is 5.09. The molecular formula is C14H18. The quantitative estimate of drug-likeness (QED) is 0.422. The highest BCUT2D eigenvalue weighted by Crippen LogP contribution is 2.31. The lowest BCUT2D eigenvalue weighted by Crippen LogP contribution is -2.00. The average Bonchev–Trinajstić information content (AvgIpc) is 2.27. The summed E-state index contributed by atoms with van der Waals surface area (Å²) >= 11 is 0. The lowest BCUT2D eigenvalue weighted by atomic mass is 9.86. The van der Waals surface area contributed by atoms with Crippen molar-refractivity contribution in [3.63, 3.8) is 0 Å². The van der Waals surface area contributed by atoms with Crippen molar-refractivity contribution in [2.75, 3.05) is 0 Å². The van der Waals surface area contributed by atoms with Gasteiger partial charge in [-0.1, -0.05) is 30.4 Å². The number of hydrogen-bond donors (Lipinski definition) is 0. The van der Waals surface area contributed by atoms with E-state index in [0.29, 0.717) is 0 Å². The van der Waals surface area contributed by atoms with Gasteiger partial charge in [0.05, 0.1) is 0 Å². The van der Waals surface area contributed by atoms with Crippen LogP contribution in [0.1, 0.15) is 33.6 Å². The minimum Gasteiger partial charge on any atom is -0.125 e. The van der Waals surface area contributed by atoms with Gasteiger partial charge < -0.3 is 0 Å². The second-order valence-electron chi connectivity index (χ2n) is 3.56. The summed E-state index contributed by atoms with van der Waals surface area (Å²) in [4.78, 5) is 0. The molecule has 74 valence electrons. The van der Waals surface area contributed by atoms with E-state index in [1.54, 1.807) is 0 Å². The summed E-state index contributed by atoms with van der Waals surface area (Å²) in [7, 11) is 0. The summed E-state index contributed by atoms with van der Waals surface area (Å²) < 4.78 is 0. The zero-order valence-corrected chi connectivity index (χ0v) is 9.35. The Morgan fingerprint density at radius 2 is 2.14 bits per heavy atom. The Morgan fingerprint density at radius 1 is 1.43 bits per heavy atom. The minimum absolute atomic E-state index is 1.07. The Labute approximate surface area is 87.0 Å². The topological polar surface area (TPSA) is 0 Å². The highest BCUT2D eigenvalue weighted by Gasteiger charge is 2.13. The molecular weight excluding hydrogens is 168 g/mol. The summed E-state index contributed by atoms with van der Waals surface area (Å²) in [6, 6.07) is 0. The van der Waals surface area contributed by atoms with E-state index in [2.05, 4.69) is 51.3 Å². The molecule has 1 aliphatic rings. The highest BCUT2D eigenvalue weighted by atomic mass is 14.2. The predicted octanol–water partition coefficient (Wildman–Crippen LogP) is 4.33. The molecule has 0 aromatic rings. The zero-order valence-electron chi connectivity index (χ0n) is 9.35. The van der Waals surface area contributed by atoms with Crippen molar-refractivity contribution in [2.24, 2.45) is 0 Å². The fourth-order valence-electron chi connectivity index (χ4n) is 1.74. The third-order valence-electron chi connectivity index (χ3n) is 2.76. The number of rotatable bonds is 1. The predicted molar refractivity (Wildman–Crippen MR) is 63.2 cm³/mol. The normalized spacial score (nSPS) is 22.1. The van der Waals surface area contributed by atoms with Crippen molar-refractivity contribution in [3.8, 4) is 0 Å². The summed E-state index contributed by atoms with van der Waals surface area (Å²) in [5, 5.41) is 0. The molecule has 0 bridgehead atoms. The van der Waals surface area contributed by atoms with Gasteiger partial charge >= 0.3 is 0 Å². The lowest BCUT2D eigenvalue weighted by molar-refractivity contribution is 0.989. The Balaban J connectivity index is 3.08. The van der Waals surface area contributed by atoms with Gasteiger partial charge in [-0.05, 0) is 50.3 Å². The van der Waals surface area contributed by atoms with Crippen LogP contribution in [-0.4, -0.2) is 0 Å². The van der Waals surface area contributed by atoms with Gasteiger partial charge in [0.15, 0.2) is 0 Å². The van der Waals surface area contributed by atoms with Gasteiger partial charge in [-0.3, -0.25) is 0 Å². The van der Waals surface area contributed by atoms with E-state index in [9.17, 15) is 0 Å². The molecule has 14 heavy (non-hydrogen) atoms. The smallest absolute Gasteiger partial charge is 0.00256 e. The summed E-state index contributed by atoms with van der Waals surface area (Å²) in [5.74, 6) is 0. The summed E-state index contributed by atoms with van der Waals surface area (Å²) in [5.41, 5.74) is 8.36. The molecule has 0 aromatic carbocycles. The Morgan fingerprint density at radius 3 is 2.64 bits per heavy atom. The first-order chi connectivity index (χ1) is 6.72. The molecule has 0 atom stereocenters. The molecule has 0 heteroatoms. The zero-order chi connectivity index (χ0) is 10.6. The van der Waals surface area contributed by atoms with Gasteiger partial charge in [0.1, 0.15) is 0 Å². The van der Waals surface area contributed by atoms with E-state index in [4.69, 9.17) is 0 Å². The molecule has 1 rings (SSSR count). The van der Waals surface area contributed by atoms with Crippen LogP contribution in [0, 0.1) is 0 Å². The van der Waals surface area contributed by atoms with Crippen LogP contribution in [-0.2, 0) is 0 Å². The molecule has 0 radical (unpaired) electrons. The summed E-state index contributed by atoms with van der Waals surface area (Å²) in [6.45, 7) is 9.98. The van der Waals surface area contributed by atoms with Gasteiger partial charge in [0.25, 0.3) is 0 Å². The van der Waals surface area contributed by atoms with Crippen LogP contribution < -0.4 is 0 Å². The van der Waals surface area contributed by atoms with E-state index < -0.39 is 0 Å². The SMILES string of the molecule is C=C=C(C)C1=CC/C(=C/C)C/C1=C/C. The molecule has 0 aliphatic heterocycles. The molecule has 0 spiro atoms. The van der Waals surface area contributed by atoms with Crippen molar-refractivity contribution in [1.29, 1.82) is 0 Å². The molecule has 0 amide bonds. The van der Waals surface area contributed by atoms with Crippen LogP contribution in [0.15, 0.2) is 52.8 Å². The van der Waals surface area contributed by atoms with Crippen LogP contribution in [0.5, 0.6) is 0 Å². The first kappa shape index (κ1) is 10.8. The maximum absolute atomic E-state index is 3.70. The van der Waals surface area contributed by atoms with Gasteiger partial charge in [-0.2, -0.15) is 0 Å². The summed E-state index contributed by atoms with van der Waals surface area (Å²) in [6.07, 6.45) is 8.83. The van der Waals surface area contributed by atoms with E-state index in [0.717, 1.165) is 18.4 Å². The van der Waals surface area contributed by atoms with E-state index >= 15 is 0 Å². The maximum atomic E-state index is 3.70. The molecule has 0 saturated heterocycles. The molecule has 0 N–H and O–H groups in total. The first-order valence-electron chi connectivity index (χ1n) is 5.09. The highest BCUT2D eigenvalue weighted by molar-refractivity contribution is 5.50. The Kier molecular flexibility index (Phi) is 3.73. The standard InChI is InChI=1S/C14H18/c1-5-11(4)14-9-8-12(6-2)10-13(14)7-3/h6-7,9H,1,8,10H2,2-4H3/b12-6-,13-7-. The average molecular weight is 186 g/mol. The maximum Gasteiger partial charge on any atom is -0.00256 e. The van der Waals surface area contributed by atoms with Gasteiger partial charge in [-0.25, -0.2) is 0 Å². The largest absolute Gasteiger partial charge is 0.125 e. The Hall–Kier alpha value is -1.26. The third-order valence-corrected chi connectivity index (χ3v) is 2.76. The van der Waals surface area contributed by atoms with Crippen LogP contribution >= 0.6 is 0 Å². The van der Waals surface area contributed by atoms with Crippen molar-refractivity contribution in [2.45, 2.75) is 33.6 Å². The fraction of sp³-hybridized carbons (Fsp3) is 0.357. The lowest BCUT2D eigenvalue weighted by Gasteiger charge is -2.19. The van der Waals surface area contributed by atoms with Crippen LogP contribution in [0.3, 0.4) is 0 Å². The van der Waals surface area contributed by atoms with Gasteiger partial charge in [-0.15, -0.1) is 5.73 Å². The molecule has 0 unspecified atom stereocenters. The van der Waals surface area contributed by atoms with Crippen molar-refractivity contribution < 1.29 is 0 Å². The monoisotopic (exact) mass is 186 g/mol. The van der Waals surface area contributed by atoms with Crippen molar-refractivity contribution in [3.05, 3.63) is 52.8 Å². The molecule has 0 heterocycles. The number of hydrogen-bond acceptors (Lipinski definition) is 0. The molecule has 0 fully saturated rings. The van der Waals surface area contributed by atoms with E-state index in [-0.39, 0.29) is 0 Å². The molecule has 0 aromatic heterocycles. The minimum atomic E-state index is 1.07. The second-order valence-corrected chi connectivity index (χ2v) is 3.56. The van der Waals surface area contributed by atoms with E-state index in [1.807, 2.05) is 0 Å². The van der Waals surface area contributed by atoms with Crippen LogP contribution in [0.4, 0.5) is 0 Å². The van der Waals surface area contributed by atoms with Crippen LogP contribution in [0.2, 0.25) is 0 Å². The Bertz CT molecular complexity index is 355. The van der Waals surface area contributed by atoms with Gasteiger partial charge in [0, 0.05) is 0 Å². The second kappa shape index (κ2) is 4.83. The van der Waals surface area contributed by atoms with Crippen LogP contribution in [0.25, 0.3) is 0 Å².